The van der Waals surface area contributed by atoms with E-state index in [2.05, 4.69) is 15.4 Å². The second-order valence-electron chi connectivity index (χ2n) is 7.33. The molecule has 2 heterocycles. The van der Waals surface area contributed by atoms with Crippen LogP contribution in [-0.4, -0.2) is 62.2 Å². The van der Waals surface area contributed by atoms with Crippen LogP contribution in [0.4, 0.5) is 0 Å². The Morgan fingerprint density at radius 1 is 1.25 bits per heavy atom. The zero-order chi connectivity index (χ0) is 20.0. The van der Waals surface area contributed by atoms with Gasteiger partial charge >= 0.3 is 0 Å². The Balaban J connectivity index is 1.48. The Kier molecular flexibility index (Phi) is 6.91. The number of morpholine rings is 1. The van der Waals surface area contributed by atoms with E-state index in [1.54, 1.807) is 0 Å². The van der Waals surface area contributed by atoms with E-state index in [1.807, 2.05) is 45.0 Å². The van der Waals surface area contributed by atoms with Crippen molar-refractivity contribution in [2.24, 2.45) is 10.6 Å². The monoisotopic (exact) mass is 389 g/mol. The summed E-state index contributed by atoms with van der Waals surface area (Å²) in [5, 5.41) is 7.04. The number of carbonyl (C=O) groups is 1. The minimum Gasteiger partial charge on any atom is -0.492 e. The van der Waals surface area contributed by atoms with E-state index < -0.39 is 5.41 Å². The van der Waals surface area contributed by atoms with Crippen molar-refractivity contribution in [2.45, 2.75) is 39.8 Å². The lowest BCUT2D eigenvalue weighted by atomic mass is 9.74. The normalized spacial score (nSPS) is 22.3. The van der Waals surface area contributed by atoms with Crippen molar-refractivity contribution < 1.29 is 19.1 Å². The lowest BCUT2D eigenvalue weighted by Crippen LogP contribution is -2.67. The summed E-state index contributed by atoms with van der Waals surface area (Å²) in [6, 6.07) is 7.83. The summed E-state index contributed by atoms with van der Waals surface area (Å²) in [6.45, 7) is 11.0. The molecule has 2 fully saturated rings. The van der Waals surface area contributed by atoms with Crippen LogP contribution in [0.3, 0.4) is 0 Å². The molecule has 1 unspecified atom stereocenters. The number of β-lactam (4-membered cyclic amide) rings is 1. The largest absolute Gasteiger partial charge is 0.492 e. The van der Waals surface area contributed by atoms with Gasteiger partial charge in [-0.2, -0.15) is 0 Å². The maximum Gasteiger partial charge on any atom is 0.234 e. The molecular formula is C21H31N3O4. The molecule has 154 valence electrons. The minimum atomic E-state index is -0.456. The molecule has 2 aliphatic heterocycles. The predicted molar refractivity (Wildman–Crippen MR) is 107 cm³/mol. The number of amides is 1. The van der Waals surface area contributed by atoms with E-state index in [0.717, 1.165) is 62.7 Å². The molecular weight excluding hydrogens is 358 g/mol. The second-order valence-corrected chi connectivity index (χ2v) is 7.33. The smallest absolute Gasteiger partial charge is 0.234 e. The molecule has 2 saturated heterocycles. The number of nitrogens with one attached hydrogen (secondary N) is 1. The number of benzene rings is 1. The Hall–Kier alpha value is -2.12. The predicted octanol–water partition coefficient (Wildman–Crippen LogP) is 2.40. The number of oxime groups is 1. The standard InChI is InChI=1S/C21H31N3O4/c1-4-21(5-2)19(25)22-20(21)28-23-16(3)17-6-8-18(9-7-17)27-15-12-24-10-13-26-14-11-24/h6-9,20H,4-5,10-15H2,1-3H3,(H,22,25)/b23-16+. The fraction of sp³-hybridized carbons (Fsp3) is 0.619. The molecule has 1 atom stereocenters. The molecule has 7 nitrogen and oxygen atoms in total. The molecule has 28 heavy (non-hydrogen) atoms. The highest BCUT2D eigenvalue weighted by molar-refractivity contribution is 5.98. The Morgan fingerprint density at radius 2 is 1.93 bits per heavy atom. The van der Waals surface area contributed by atoms with E-state index in [1.165, 1.54) is 0 Å². The van der Waals surface area contributed by atoms with E-state index in [0.29, 0.717) is 6.61 Å². The van der Waals surface area contributed by atoms with Gasteiger partial charge in [0.1, 0.15) is 17.8 Å². The lowest BCUT2D eigenvalue weighted by molar-refractivity contribution is -0.175. The van der Waals surface area contributed by atoms with Gasteiger partial charge in [0.25, 0.3) is 0 Å². The molecule has 0 spiro atoms. The second kappa shape index (κ2) is 9.39. The zero-order valence-electron chi connectivity index (χ0n) is 17.1. The van der Waals surface area contributed by atoms with Gasteiger partial charge < -0.3 is 19.6 Å². The van der Waals surface area contributed by atoms with Crippen LogP contribution in [-0.2, 0) is 14.4 Å². The zero-order valence-corrected chi connectivity index (χ0v) is 17.1. The number of rotatable bonds is 9. The van der Waals surface area contributed by atoms with Crippen LogP contribution < -0.4 is 10.1 Å². The van der Waals surface area contributed by atoms with Crippen LogP contribution in [0.25, 0.3) is 0 Å². The van der Waals surface area contributed by atoms with Crippen LogP contribution in [0.15, 0.2) is 29.4 Å². The highest BCUT2D eigenvalue weighted by Crippen LogP contribution is 2.38. The molecule has 0 aliphatic carbocycles. The number of hydrogen-bond donors (Lipinski definition) is 1. The maximum atomic E-state index is 11.9. The van der Waals surface area contributed by atoms with Crippen molar-refractivity contribution in [2.75, 3.05) is 39.5 Å². The van der Waals surface area contributed by atoms with Crippen molar-refractivity contribution in [3.8, 4) is 5.75 Å². The summed E-state index contributed by atoms with van der Waals surface area (Å²) in [7, 11) is 0. The highest BCUT2D eigenvalue weighted by Gasteiger charge is 2.54. The van der Waals surface area contributed by atoms with Crippen molar-refractivity contribution in [1.29, 1.82) is 0 Å². The molecule has 3 rings (SSSR count). The topological polar surface area (TPSA) is 72.4 Å². The third-order valence-corrected chi connectivity index (χ3v) is 5.83. The first-order valence-corrected chi connectivity index (χ1v) is 10.1. The Morgan fingerprint density at radius 3 is 2.54 bits per heavy atom. The maximum absolute atomic E-state index is 11.9. The summed E-state index contributed by atoms with van der Waals surface area (Å²) in [5.74, 6) is 0.891. The van der Waals surface area contributed by atoms with Crippen LogP contribution in [0.1, 0.15) is 39.2 Å². The van der Waals surface area contributed by atoms with Crippen molar-refractivity contribution in [1.82, 2.24) is 10.2 Å². The molecule has 0 aromatic heterocycles. The first-order chi connectivity index (χ1) is 13.6. The molecule has 1 aromatic carbocycles. The SMILES string of the molecule is CCC1(CC)C(=O)NC1O/N=C(\C)c1ccc(OCCN2CCOCC2)cc1. The average Bonchev–Trinajstić information content (AvgIpc) is 2.73. The molecule has 2 aliphatic rings. The van der Waals surface area contributed by atoms with Gasteiger partial charge in [0.15, 0.2) is 0 Å². The molecule has 0 radical (unpaired) electrons. The first-order valence-electron chi connectivity index (χ1n) is 10.1. The van der Waals surface area contributed by atoms with Crippen molar-refractivity contribution >= 4 is 11.6 Å². The summed E-state index contributed by atoms with van der Waals surface area (Å²) in [5.41, 5.74) is 1.27. The van der Waals surface area contributed by atoms with E-state index in [4.69, 9.17) is 14.3 Å². The molecule has 1 amide bonds. The minimum absolute atomic E-state index is 0.0499. The van der Waals surface area contributed by atoms with Crippen molar-refractivity contribution in [3.63, 3.8) is 0 Å². The van der Waals surface area contributed by atoms with Gasteiger partial charge in [-0.3, -0.25) is 9.69 Å². The highest BCUT2D eigenvalue weighted by atomic mass is 16.7. The number of ether oxygens (including phenoxy) is 2. The average molecular weight is 389 g/mol. The molecule has 7 heteroatoms. The molecule has 0 saturated carbocycles. The molecule has 1 N–H and O–H groups in total. The third-order valence-electron chi connectivity index (χ3n) is 5.83. The number of nitrogens with zero attached hydrogens (tertiary/aromatic N) is 2. The molecule has 1 aromatic rings. The quantitative estimate of drug-likeness (QED) is 0.399. The van der Waals surface area contributed by atoms with Gasteiger partial charge in [-0.05, 0) is 49.6 Å². The van der Waals surface area contributed by atoms with E-state index in [9.17, 15) is 4.79 Å². The fourth-order valence-electron chi connectivity index (χ4n) is 3.61. The van der Waals surface area contributed by atoms with Crippen molar-refractivity contribution in [3.05, 3.63) is 29.8 Å². The van der Waals surface area contributed by atoms with E-state index >= 15 is 0 Å². The first kappa shape index (κ1) is 20.6. The van der Waals surface area contributed by atoms with Crippen LogP contribution in [0.5, 0.6) is 5.75 Å². The molecule has 0 bridgehead atoms. The summed E-state index contributed by atoms with van der Waals surface area (Å²) in [6.07, 6.45) is 1.13. The van der Waals surface area contributed by atoms with Gasteiger partial charge in [-0.1, -0.05) is 19.0 Å². The number of carbonyl (C=O) groups excluding carboxylic acids is 1. The van der Waals surface area contributed by atoms with Crippen LogP contribution in [0.2, 0.25) is 0 Å². The summed E-state index contributed by atoms with van der Waals surface area (Å²) < 4.78 is 11.2. The Bertz CT molecular complexity index is 679. The van der Waals surface area contributed by atoms with Gasteiger partial charge in [-0.15, -0.1) is 0 Å². The summed E-state index contributed by atoms with van der Waals surface area (Å²) in [4.78, 5) is 19.9. The summed E-state index contributed by atoms with van der Waals surface area (Å²) >= 11 is 0. The van der Waals surface area contributed by atoms with Crippen LogP contribution in [0, 0.1) is 5.41 Å². The third kappa shape index (κ3) is 4.47. The fourth-order valence-corrected chi connectivity index (χ4v) is 3.61. The van der Waals surface area contributed by atoms with Gasteiger partial charge in [0.2, 0.25) is 12.1 Å². The van der Waals surface area contributed by atoms with Crippen LogP contribution >= 0.6 is 0 Å². The van der Waals surface area contributed by atoms with E-state index in [-0.39, 0.29) is 12.1 Å². The lowest BCUT2D eigenvalue weighted by Gasteiger charge is -2.45. The van der Waals surface area contributed by atoms with Gasteiger partial charge in [0, 0.05) is 19.6 Å². The van der Waals surface area contributed by atoms with Gasteiger partial charge in [-0.25, -0.2) is 0 Å². The Labute approximate surface area is 167 Å². The van der Waals surface area contributed by atoms with Gasteiger partial charge in [0.05, 0.1) is 18.9 Å². The number of hydrogen-bond acceptors (Lipinski definition) is 6.